The van der Waals surface area contributed by atoms with Crippen molar-refractivity contribution in [1.29, 1.82) is 0 Å². The Balaban J connectivity index is 1.49. The Morgan fingerprint density at radius 3 is 2.38 bits per heavy atom. The number of esters is 1. The third-order valence-corrected chi connectivity index (χ3v) is 7.88. The van der Waals surface area contributed by atoms with Crippen molar-refractivity contribution in [3.63, 3.8) is 0 Å². The minimum atomic E-state index is -3.59. The standard InChI is InChI=1S/C21H30N2O5S/c1-16-7-8-17(2)19(13-16)29(26,27)23-11-9-22(10-12-23)20(24)15-28-21(25)14-18-5-3-4-6-18/h7-8,13,18H,3-6,9-12,14-15H2,1-2H3. The quantitative estimate of drug-likeness (QED) is 0.657. The van der Waals surface area contributed by atoms with Gasteiger partial charge in [-0.15, -0.1) is 0 Å². The van der Waals surface area contributed by atoms with Crippen LogP contribution in [0.4, 0.5) is 0 Å². The van der Waals surface area contributed by atoms with Crippen molar-refractivity contribution in [2.45, 2.75) is 50.8 Å². The fourth-order valence-corrected chi connectivity index (χ4v) is 5.78. The Morgan fingerprint density at radius 2 is 1.72 bits per heavy atom. The van der Waals surface area contributed by atoms with Crippen LogP contribution in [0.15, 0.2) is 23.1 Å². The molecule has 1 saturated heterocycles. The van der Waals surface area contributed by atoms with Crippen LogP contribution in [0.25, 0.3) is 0 Å². The molecule has 2 fully saturated rings. The van der Waals surface area contributed by atoms with Gasteiger partial charge in [-0.1, -0.05) is 25.0 Å². The van der Waals surface area contributed by atoms with E-state index in [1.165, 1.54) is 4.31 Å². The molecular formula is C21H30N2O5S. The van der Waals surface area contributed by atoms with Crippen LogP contribution in [0.5, 0.6) is 0 Å². The highest BCUT2D eigenvalue weighted by Crippen LogP contribution is 2.27. The number of hydrogen-bond donors (Lipinski definition) is 0. The van der Waals surface area contributed by atoms with Gasteiger partial charge in [0.25, 0.3) is 5.91 Å². The summed E-state index contributed by atoms with van der Waals surface area (Å²) in [7, 11) is -3.59. The third-order valence-electron chi connectivity index (χ3n) is 5.84. The lowest BCUT2D eigenvalue weighted by Gasteiger charge is -2.34. The van der Waals surface area contributed by atoms with Gasteiger partial charge < -0.3 is 9.64 Å². The first-order valence-corrected chi connectivity index (χ1v) is 11.7. The van der Waals surface area contributed by atoms with Crippen LogP contribution in [-0.4, -0.2) is 62.3 Å². The van der Waals surface area contributed by atoms with Crippen molar-refractivity contribution >= 4 is 21.9 Å². The number of hydrogen-bond acceptors (Lipinski definition) is 5. The molecule has 0 unspecified atom stereocenters. The van der Waals surface area contributed by atoms with Crippen LogP contribution >= 0.6 is 0 Å². The van der Waals surface area contributed by atoms with Crippen LogP contribution in [0.2, 0.25) is 0 Å². The van der Waals surface area contributed by atoms with Gasteiger partial charge in [-0.25, -0.2) is 8.42 Å². The second-order valence-corrected chi connectivity index (χ2v) is 9.98. The summed E-state index contributed by atoms with van der Waals surface area (Å²) in [6.45, 7) is 4.44. The van der Waals surface area contributed by atoms with Crippen molar-refractivity contribution in [2.24, 2.45) is 5.92 Å². The normalized spacial score (nSPS) is 18.8. The highest BCUT2D eigenvalue weighted by Gasteiger charge is 2.31. The molecule has 1 saturated carbocycles. The fraction of sp³-hybridized carbons (Fsp3) is 0.619. The van der Waals surface area contributed by atoms with Gasteiger partial charge in [0.05, 0.1) is 4.90 Å². The lowest BCUT2D eigenvalue weighted by Crippen LogP contribution is -2.51. The molecule has 0 bridgehead atoms. The second kappa shape index (κ2) is 9.26. The zero-order valence-corrected chi connectivity index (χ0v) is 18.0. The van der Waals surface area contributed by atoms with Crippen molar-refractivity contribution < 1.29 is 22.7 Å². The molecule has 29 heavy (non-hydrogen) atoms. The number of carbonyl (C=O) groups is 2. The minimum Gasteiger partial charge on any atom is -0.456 e. The number of rotatable bonds is 6. The molecule has 7 nitrogen and oxygen atoms in total. The number of carbonyl (C=O) groups excluding carboxylic acids is 2. The highest BCUT2D eigenvalue weighted by molar-refractivity contribution is 7.89. The monoisotopic (exact) mass is 422 g/mol. The third kappa shape index (κ3) is 5.36. The second-order valence-electron chi connectivity index (χ2n) is 8.07. The molecule has 160 valence electrons. The molecule has 1 aliphatic heterocycles. The molecule has 0 radical (unpaired) electrons. The van der Waals surface area contributed by atoms with Gasteiger partial charge in [-0.05, 0) is 49.8 Å². The van der Waals surface area contributed by atoms with Crippen LogP contribution in [0.1, 0.15) is 43.2 Å². The number of amides is 1. The number of benzene rings is 1. The first-order chi connectivity index (χ1) is 13.8. The number of aryl methyl sites for hydroxylation is 2. The molecule has 0 atom stereocenters. The Kier molecular flexibility index (Phi) is 6.95. The predicted octanol–water partition coefficient (Wildman–Crippen LogP) is 2.26. The van der Waals surface area contributed by atoms with E-state index in [1.54, 1.807) is 17.9 Å². The smallest absolute Gasteiger partial charge is 0.306 e. The van der Waals surface area contributed by atoms with Crippen LogP contribution < -0.4 is 0 Å². The SMILES string of the molecule is Cc1ccc(C)c(S(=O)(=O)N2CCN(C(=O)COC(=O)CC3CCCC3)CC2)c1. The molecule has 1 amide bonds. The van der Waals surface area contributed by atoms with E-state index >= 15 is 0 Å². The van der Waals surface area contributed by atoms with E-state index in [1.807, 2.05) is 19.1 Å². The van der Waals surface area contributed by atoms with E-state index in [4.69, 9.17) is 4.74 Å². The maximum Gasteiger partial charge on any atom is 0.306 e. The number of nitrogens with zero attached hydrogens (tertiary/aromatic N) is 2. The topological polar surface area (TPSA) is 84.0 Å². The number of piperazine rings is 1. The van der Waals surface area contributed by atoms with Crippen molar-refractivity contribution in [1.82, 2.24) is 9.21 Å². The van der Waals surface area contributed by atoms with Gasteiger partial charge in [-0.2, -0.15) is 4.31 Å². The molecule has 3 rings (SSSR count). The van der Waals surface area contributed by atoms with Crippen LogP contribution in [-0.2, 0) is 24.3 Å². The van der Waals surface area contributed by atoms with E-state index in [2.05, 4.69) is 0 Å². The molecule has 1 heterocycles. The maximum absolute atomic E-state index is 13.0. The Bertz CT molecular complexity index is 854. The minimum absolute atomic E-state index is 0.234. The van der Waals surface area contributed by atoms with E-state index in [0.29, 0.717) is 35.9 Å². The average Bonchev–Trinajstić information content (AvgIpc) is 3.21. The zero-order chi connectivity index (χ0) is 21.0. The van der Waals surface area contributed by atoms with Crippen LogP contribution in [0, 0.1) is 19.8 Å². The average molecular weight is 423 g/mol. The highest BCUT2D eigenvalue weighted by atomic mass is 32.2. The summed E-state index contributed by atoms with van der Waals surface area (Å²) < 4.78 is 32.5. The van der Waals surface area contributed by atoms with Crippen molar-refractivity contribution in [3.8, 4) is 0 Å². The zero-order valence-electron chi connectivity index (χ0n) is 17.2. The molecule has 0 spiro atoms. The summed E-state index contributed by atoms with van der Waals surface area (Å²) in [5.41, 5.74) is 1.60. The number of sulfonamides is 1. The lowest BCUT2D eigenvalue weighted by molar-refractivity contribution is -0.153. The maximum atomic E-state index is 13.0. The van der Waals surface area contributed by atoms with Crippen molar-refractivity contribution in [2.75, 3.05) is 32.8 Å². The Labute approximate surface area is 173 Å². The Morgan fingerprint density at radius 1 is 1.07 bits per heavy atom. The van der Waals surface area contributed by atoms with Gasteiger partial charge in [0.15, 0.2) is 6.61 Å². The van der Waals surface area contributed by atoms with Gasteiger partial charge in [0.2, 0.25) is 10.0 Å². The lowest BCUT2D eigenvalue weighted by atomic mass is 10.0. The molecule has 0 N–H and O–H groups in total. The Hall–Kier alpha value is -1.93. The summed E-state index contributed by atoms with van der Waals surface area (Å²) >= 11 is 0. The summed E-state index contributed by atoms with van der Waals surface area (Å²) in [6, 6.07) is 5.38. The van der Waals surface area contributed by atoms with Crippen LogP contribution in [0.3, 0.4) is 0 Å². The van der Waals surface area contributed by atoms with Gasteiger partial charge in [0, 0.05) is 32.6 Å². The molecule has 1 aromatic rings. The molecule has 8 heteroatoms. The molecule has 1 aromatic carbocycles. The molecule has 2 aliphatic rings. The summed E-state index contributed by atoms with van der Waals surface area (Å²) in [6.07, 6.45) is 4.81. The molecule has 0 aromatic heterocycles. The molecular weight excluding hydrogens is 392 g/mol. The summed E-state index contributed by atoms with van der Waals surface area (Å²) in [5, 5.41) is 0. The largest absolute Gasteiger partial charge is 0.456 e. The first kappa shape index (κ1) is 21.8. The summed E-state index contributed by atoms with van der Waals surface area (Å²) in [5.74, 6) is -0.202. The van der Waals surface area contributed by atoms with E-state index in [-0.39, 0.29) is 31.6 Å². The van der Waals surface area contributed by atoms with Gasteiger partial charge >= 0.3 is 5.97 Å². The van der Waals surface area contributed by atoms with Gasteiger partial charge in [0.1, 0.15) is 0 Å². The first-order valence-electron chi connectivity index (χ1n) is 10.3. The summed E-state index contributed by atoms with van der Waals surface area (Å²) in [4.78, 5) is 26.1. The van der Waals surface area contributed by atoms with E-state index < -0.39 is 10.0 Å². The fourth-order valence-electron chi connectivity index (χ4n) is 4.04. The van der Waals surface area contributed by atoms with E-state index in [0.717, 1.165) is 31.2 Å². The van der Waals surface area contributed by atoms with Gasteiger partial charge in [-0.3, -0.25) is 9.59 Å². The van der Waals surface area contributed by atoms with Crippen molar-refractivity contribution in [3.05, 3.63) is 29.3 Å². The number of ether oxygens (including phenoxy) is 1. The predicted molar refractivity (Wildman–Crippen MR) is 109 cm³/mol. The molecule has 1 aliphatic carbocycles. The van der Waals surface area contributed by atoms with E-state index in [9.17, 15) is 18.0 Å².